The number of esters is 1. The Bertz CT molecular complexity index is 586. The van der Waals surface area contributed by atoms with E-state index in [2.05, 4.69) is 20.3 Å². The molecule has 0 aliphatic heterocycles. The molecule has 0 aliphatic carbocycles. The molecular formula is C12H14N4O3. The molecule has 0 spiro atoms. The van der Waals surface area contributed by atoms with Crippen molar-refractivity contribution < 1.29 is 14.3 Å². The van der Waals surface area contributed by atoms with Crippen molar-refractivity contribution in [3.8, 4) is 0 Å². The number of amides is 1. The molecule has 100 valence electrons. The van der Waals surface area contributed by atoms with E-state index >= 15 is 0 Å². The summed E-state index contributed by atoms with van der Waals surface area (Å²) in [7, 11) is 0. The number of carbonyl (C=O) groups excluding carboxylic acids is 2. The van der Waals surface area contributed by atoms with Crippen LogP contribution in [0.15, 0.2) is 18.7 Å². The molecule has 0 aliphatic rings. The van der Waals surface area contributed by atoms with Gasteiger partial charge in [0.25, 0.3) is 5.91 Å². The molecule has 7 nitrogen and oxygen atoms in total. The minimum atomic E-state index is -0.471. The Morgan fingerprint density at radius 2 is 2.21 bits per heavy atom. The molecule has 19 heavy (non-hydrogen) atoms. The first kappa shape index (κ1) is 12.9. The first-order valence-corrected chi connectivity index (χ1v) is 5.78. The third kappa shape index (κ3) is 2.65. The Morgan fingerprint density at radius 1 is 1.42 bits per heavy atom. The van der Waals surface area contributed by atoms with Gasteiger partial charge < -0.3 is 20.0 Å². The molecule has 0 saturated heterocycles. The van der Waals surface area contributed by atoms with Gasteiger partial charge in [0.15, 0.2) is 0 Å². The lowest BCUT2D eigenvalue weighted by atomic mass is 10.2. The van der Waals surface area contributed by atoms with Crippen molar-refractivity contribution in [1.29, 1.82) is 0 Å². The molecule has 7 heteroatoms. The monoisotopic (exact) mass is 262 g/mol. The molecule has 2 rings (SSSR count). The highest BCUT2D eigenvalue weighted by molar-refractivity contribution is 6.07. The van der Waals surface area contributed by atoms with Crippen molar-refractivity contribution in [3.63, 3.8) is 0 Å². The highest BCUT2D eigenvalue weighted by atomic mass is 16.5. The van der Waals surface area contributed by atoms with Gasteiger partial charge in [0.05, 0.1) is 24.8 Å². The van der Waals surface area contributed by atoms with Gasteiger partial charge in [-0.25, -0.2) is 9.78 Å². The standard InChI is InChI=1S/C12H14N4O3/c1-3-19-12(18)10-7(2)14-5-8(10)16-11(17)9-4-13-6-15-9/h4-6,14H,3H2,1-2H3,(H,13,15)(H,16,17). The van der Waals surface area contributed by atoms with Crippen molar-refractivity contribution in [3.05, 3.63) is 35.7 Å². The van der Waals surface area contributed by atoms with E-state index in [1.807, 2.05) is 0 Å². The van der Waals surface area contributed by atoms with Gasteiger partial charge in [0.1, 0.15) is 11.3 Å². The van der Waals surface area contributed by atoms with Gasteiger partial charge in [0.2, 0.25) is 0 Å². The molecule has 0 aromatic carbocycles. The summed E-state index contributed by atoms with van der Waals surface area (Å²) in [6, 6.07) is 0. The number of anilines is 1. The third-order valence-corrected chi connectivity index (χ3v) is 2.55. The average Bonchev–Trinajstić information content (AvgIpc) is 2.99. The van der Waals surface area contributed by atoms with Crippen molar-refractivity contribution in [2.45, 2.75) is 13.8 Å². The zero-order valence-electron chi connectivity index (χ0n) is 10.6. The Balaban J connectivity index is 2.21. The number of nitrogens with zero attached hydrogens (tertiary/aromatic N) is 1. The van der Waals surface area contributed by atoms with E-state index in [1.54, 1.807) is 20.0 Å². The number of hydrogen-bond acceptors (Lipinski definition) is 4. The maximum atomic E-state index is 11.9. The second-order valence-electron chi connectivity index (χ2n) is 3.84. The van der Waals surface area contributed by atoms with Crippen LogP contribution in [0.4, 0.5) is 5.69 Å². The fraction of sp³-hybridized carbons (Fsp3) is 0.250. The van der Waals surface area contributed by atoms with Crippen LogP contribution in [0.3, 0.4) is 0 Å². The van der Waals surface area contributed by atoms with Gasteiger partial charge in [-0.2, -0.15) is 0 Å². The smallest absolute Gasteiger partial charge is 0.342 e. The first-order chi connectivity index (χ1) is 9.13. The van der Waals surface area contributed by atoms with E-state index in [1.165, 1.54) is 12.5 Å². The molecule has 2 aromatic heterocycles. The summed E-state index contributed by atoms with van der Waals surface area (Å²) in [6.07, 6.45) is 4.36. The van der Waals surface area contributed by atoms with E-state index in [4.69, 9.17) is 4.74 Å². The SMILES string of the molecule is CCOC(=O)c1c(NC(=O)c2cnc[nH]2)c[nH]c1C. The zero-order valence-corrected chi connectivity index (χ0v) is 10.6. The molecule has 0 bridgehead atoms. The minimum Gasteiger partial charge on any atom is -0.462 e. The quantitative estimate of drug-likeness (QED) is 0.726. The van der Waals surface area contributed by atoms with Crippen LogP contribution in [0.25, 0.3) is 0 Å². The predicted molar refractivity (Wildman–Crippen MR) is 68.0 cm³/mol. The molecule has 3 N–H and O–H groups in total. The van der Waals surface area contributed by atoms with Gasteiger partial charge in [-0.1, -0.05) is 0 Å². The fourth-order valence-electron chi connectivity index (χ4n) is 1.66. The predicted octanol–water partition coefficient (Wildman–Crippen LogP) is 1.48. The lowest BCUT2D eigenvalue weighted by Gasteiger charge is -2.06. The van der Waals surface area contributed by atoms with Crippen molar-refractivity contribution in [2.24, 2.45) is 0 Å². The maximum absolute atomic E-state index is 11.9. The summed E-state index contributed by atoms with van der Waals surface area (Å²) in [5, 5.41) is 2.63. The zero-order chi connectivity index (χ0) is 13.8. The fourth-order valence-corrected chi connectivity index (χ4v) is 1.66. The van der Waals surface area contributed by atoms with E-state index in [-0.39, 0.29) is 12.5 Å². The molecule has 0 radical (unpaired) electrons. The second kappa shape index (κ2) is 5.38. The molecule has 0 fully saturated rings. The van der Waals surface area contributed by atoms with Gasteiger partial charge >= 0.3 is 5.97 Å². The Kier molecular flexibility index (Phi) is 3.65. The average molecular weight is 262 g/mol. The maximum Gasteiger partial charge on any atom is 0.342 e. The number of imidazole rings is 1. The number of carbonyl (C=O) groups is 2. The van der Waals surface area contributed by atoms with E-state index < -0.39 is 5.97 Å². The summed E-state index contributed by atoms with van der Waals surface area (Å²) < 4.78 is 4.95. The topological polar surface area (TPSA) is 99.9 Å². The number of ether oxygens (including phenoxy) is 1. The Hall–Kier alpha value is -2.57. The van der Waals surface area contributed by atoms with Crippen molar-refractivity contribution in [1.82, 2.24) is 15.0 Å². The number of H-pyrrole nitrogens is 2. The molecule has 2 heterocycles. The van der Waals surface area contributed by atoms with Crippen LogP contribution < -0.4 is 5.32 Å². The van der Waals surface area contributed by atoms with Crippen LogP contribution in [0, 0.1) is 6.92 Å². The highest BCUT2D eigenvalue weighted by Gasteiger charge is 2.19. The molecule has 0 saturated carbocycles. The lowest BCUT2D eigenvalue weighted by Crippen LogP contribution is -2.15. The molecule has 1 amide bonds. The van der Waals surface area contributed by atoms with Crippen LogP contribution >= 0.6 is 0 Å². The molecule has 0 atom stereocenters. The molecular weight excluding hydrogens is 248 g/mol. The number of hydrogen-bond donors (Lipinski definition) is 3. The van der Waals surface area contributed by atoms with Crippen LogP contribution in [0.2, 0.25) is 0 Å². The van der Waals surface area contributed by atoms with Crippen LogP contribution in [-0.4, -0.2) is 33.4 Å². The van der Waals surface area contributed by atoms with E-state index in [9.17, 15) is 9.59 Å². The number of rotatable bonds is 4. The normalized spacial score (nSPS) is 10.2. The second-order valence-corrected chi connectivity index (χ2v) is 3.84. The van der Waals surface area contributed by atoms with Gasteiger partial charge in [0, 0.05) is 11.9 Å². The van der Waals surface area contributed by atoms with Crippen molar-refractivity contribution in [2.75, 3.05) is 11.9 Å². The number of aromatic amines is 2. The summed E-state index contributed by atoms with van der Waals surface area (Å²) in [5.41, 5.74) is 1.66. The Morgan fingerprint density at radius 3 is 2.84 bits per heavy atom. The number of aromatic nitrogens is 3. The molecule has 0 unspecified atom stereocenters. The minimum absolute atomic E-state index is 0.275. The molecule has 2 aromatic rings. The van der Waals surface area contributed by atoms with Gasteiger partial charge in [-0.3, -0.25) is 4.79 Å². The summed E-state index contributed by atoms with van der Waals surface area (Å²) in [4.78, 5) is 33.0. The summed E-state index contributed by atoms with van der Waals surface area (Å²) in [5.74, 6) is -0.844. The third-order valence-electron chi connectivity index (χ3n) is 2.55. The number of aryl methyl sites for hydroxylation is 1. The van der Waals surface area contributed by atoms with Crippen LogP contribution in [0.1, 0.15) is 33.5 Å². The van der Waals surface area contributed by atoms with E-state index in [0.717, 1.165) is 0 Å². The lowest BCUT2D eigenvalue weighted by molar-refractivity contribution is 0.0527. The van der Waals surface area contributed by atoms with Crippen LogP contribution in [-0.2, 0) is 4.74 Å². The van der Waals surface area contributed by atoms with Gasteiger partial charge in [-0.15, -0.1) is 0 Å². The van der Waals surface area contributed by atoms with E-state index in [0.29, 0.717) is 22.6 Å². The first-order valence-electron chi connectivity index (χ1n) is 5.78. The van der Waals surface area contributed by atoms with Gasteiger partial charge in [-0.05, 0) is 13.8 Å². The largest absolute Gasteiger partial charge is 0.462 e. The Labute approximate surface area is 109 Å². The summed E-state index contributed by atoms with van der Waals surface area (Å²) in [6.45, 7) is 3.73. The highest BCUT2D eigenvalue weighted by Crippen LogP contribution is 2.20. The summed E-state index contributed by atoms with van der Waals surface area (Å²) >= 11 is 0. The van der Waals surface area contributed by atoms with Crippen molar-refractivity contribution >= 4 is 17.6 Å². The van der Waals surface area contributed by atoms with Crippen LogP contribution in [0.5, 0.6) is 0 Å². The number of nitrogens with one attached hydrogen (secondary N) is 3.